The maximum Gasteiger partial charge on any atom is 0.138 e. The Balaban J connectivity index is 1.70. The minimum atomic E-state index is -0.536. The minimum absolute atomic E-state index is 0.347. The second-order valence-electron chi connectivity index (χ2n) is 6.62. The van der Waals surface area contributed by atoms with E-state index in [0.717, 1.165) is 34.7 Å². The molecule has 0 amide bonds. The van der Waals surface area contributed by atoms with Crippen molar-refractivity contribution in [3.05, 3.63) is 16.3 Å². The number of hydrogen-bond donors (Lipinski definition) is 2. The van der Waals surface area contributed by atoms with Crippen LogP contribution >= 0.6 is 11.3 Å². The van der Waals surface area contributed by atoms with E-state index in [1.165, 1.54) is 16.9 Å². The molecule has 5 nitrogen and oxygen atoms in total. The highest BCUT2D eigenvalue weighted by Crippen LogP contribution is 2.39. The zero-order valence-corrected chi connectivity index (χ0v) is 14.9. The van der Waals surface area contributed by atoms with E-state index in [4.69, 9.17) is 4.74 Å². The van der Waals surface area contributed by atoms with Gasteiger partial charge in [0.2, 0.25) is 0 Å². The lowest BCUT2D eigenvalue weighted by Crippen LogP contribution is -2.26. The molecule has 126 valence electrons. The van der Waals surface area contributed by atoms with Crippen LogP contribution in [0.1, 0.15) is 36.5 Å². The van der Waals surface area contributed by atoms with Crippen molar-refractivity contribution in [1.29, 1.82) is 0 Å². The smallest absolute Gasteiger partial charge is 0.138 e. The monoisotopic (exact) mass is 335 g/mol. The molecule has 0 aliphatic heterocycles. The quantitative estimate of drug-likeness (QED) is 0.814. The number of hydrogen-bond acceptors (Lipinski definition) is 6. The van der Waals surface area contributed by atoms with E-state index in [9.17, 15) is 5.11 Å². The van der Waals surface area contributed by atoms with Crippen LogP contribution in [0.5, 0.6) is 0 Å². The fraction of sp³-hybridized carbons (Fsp3) is 0.647. The number of anilines is 1. The first-order valence-corrected chi connectivity index (χ1v) is 9.14. The second-order valence-corrected chi connectivity index (χ2v) is 7.71. The van der Waals surface area contributed by atoms with Gasteiger partial charge in [-0.3, -0.25) is 0 Å². The Morgan fingerprint density at radius 2 is 2.09 bits per heavy atom. The summed E-state index contributed by atoms with van der Waals surface area (Å²) in [6.45, 7) is 7.57. The predicted octanol–water partition coefficient (Wildman–Crippen LogP) is 2.93. The molecule has 2 aromatic rings. The Bertz CT molecular complexity index is 684. The van der Waals surface area contributed by atoms with Crippen molar-refractivity contribution in [2.75, 3.05) is 25.1 Å². The molecule has 1 atom stereocenters. The van der Waals surface area contributed by atoms with Gasteiger partial charge in [-0.05, 0) is 37.7 Å². The number of aryl methyl sites for hydroxylation is 3. The summed E-state index contributed by atoms with van der Waals surface area (Å²) in [6.07, 6.45) is 2.94. The molecular weight excluding hydrogens is 310 g/mol. The molecule has 0 fully saturated rings. The van der Waals surface area contributed by atoms with Gasteiger partial charge in [0.15, 0.2) is 0 Å². The van der Waals surface area contributed by atoms with Gasteiger partial charge in [0.1, 0.15) is 16.5 Å². The molecule has 23 heavy (non-hydrogen) atoms. The van der Waals surface area contributed by atoms with Crippen molar-refractivity contribution in [3.8, 4) is 0 Å². The van der Waals surface area contributed by atoms with E-state index in [2.05, 4.69) is 29.1 Å². The molecule has 1 aliphatic rings. The second kappa shape index (κ2) is 7.11. The largest absolute Gasteiger partial charge is 0.389 e. The zero-order chi connectivity index (χ0) is 16.4. The third kappa shape index (κ3) is 3.82. The highest BCUT2D eigenvalue weighted by Gasteiger charge is 2.22. The van der Waals surface area contributed by atoms with Crippen LogP contribution in [0.4, 0.5) is 5.82 Å². The number of nitrogens with one attached hydrogen (secondary N) is 1. The van der Waals surface area contributed by atoms with Crippen LogP contribution in [0.3, 0.4) is 0 Å². The van der Waals surface area contributed by atoms with Gasteiger partial charge in [-0.15, -0.1) is 11.3 Å². The summed E-state index contributed by atoms with van der Waals surface area (Å²) in [5, 5.41) is 14.5. The van der Waals surface area contributed by atoms with E-state index in [0.29, 0.717) is 25.7 Å². The standard InChI is InChI=1S/C17H25N3O2S/c1-10(2)8-22-9-12(21)7-18-16-15-13-5-4-6-14(13)23-17(15)20-11(3)19-16/h10,12,21H,4-9H2,1-3H3,(H,18,19,20)/t12-/m0/s1. The number of aliphatic hydroxyl groups is 1. The van der Waals surface area contributed by atoms with E-state index in [1.54, 1.807) is 11.3 Å². The van der Waals surface area contributed by atoms with Gasteiger partial charge in [0, 0.05) is 18.0 Å². The molecule has 6 heteroatoms. The number of nitrogens with zero attached hydrogens (tertiary/aromatic N) is 2. The van der Waals surface area contributed by atoms with Gasteiger partial charge in [0.25, 0.3) is 0 Å². The van der Waals surface area contributed by atoms with Crippen molar-refractivity contribution in [2.24, 2.45) is 5.92 Å². The fourth-order valence-electron chi connectivity index (χ4n) is 2.94. The highest BCUT2D eigenvalue weighted by atomic mass is 32.1. The predicted molar refractivity (Wildman–Crippen MR) is 94.3 cm³/mol. The molecule has 0 saturated carbocycles. The summed E-state index contributed by atoms with van der Waals surface area (Å²) in [7, 11) is 0. The lowest BCUT2D eigenvalue weighted by atomic mass is 10.2. The zero-order valence-electron chi connectivity index (χ0n) is 14.1. The van der Waals surface area contributed by atoms with Crippen LogP contribution in [0.15, 0.2) is 0 Å². The lowest BCUT2D eigenvalue weighted by molar-refractivity contribution is 0.0317. The molecule has 3 rings (SSSR count). The normalized spacial score (nSPS) is 15.3. The van der Waals surface area contributed by atoms with Crippen molar-refractivity contribution < 1.29 is 9.84 Å². The molecule has 0 saturated heterocycles. The topological polar surface area (TPSA) is 67.3 Å². The summed E-state index contributed by atoms with van der Waals surface area (Å²) in [4.78, 5) is 11.7. The Morgan fingerprint density at radius 3 is 2.87 bits per heavy atom. The molecule has 0 spiro atoms. The van der Waals surface area contributed by atoms with Crippen molar-refractivity contribution in [2.45, 2.75) is 46.1 Å². The molecule has 2 aromatic heterocycles. The molecular formula is C17H25N3O2S. The van der Waals surface area contributed by atoms with Gasteiger partial charge < -0.3 is 15.2 Å². The van der Waals surface area contributed by atoms with E-state index in [1.807, 2.05) is 6.92 Å². The Labute approximate surface area is 141 Å². The van der Waals surface area contributed by atoms with Gasteiger partial charge in [-0.2, -0.15) is 0 Å². The summed E-state index contributed by atoms with van der Waals surface area (Å²) < 4.78 is 5.49. The van der Waals surface area contributed by atoms with Gasteiger partial charge >= 0.3 is 0 Å². The van der Waals surface area contributed by atoms with Crippen molar-refractivity contribution >= 4 is 27.4 Å². The summed E-state index contributed by atoms with van der Waals surface area (Å²) in [6, 6.07) is 0. The lowest BCUT2D eigenvalue weighted by Gasteiger charge is -2.15. The van der Waals surface area contributed by atoms with Gasteiger partial charge in [-0.1, -0.05) is 13.8 Å². The average molecular weight is 335 g/mol. The van der Waals surface area contributed by atoms with Crippen molar-refractivity contribution in [1.82, 2.24) is 9.97 Å². The van der Waals surface area contributed by atoms with Crippen LogP contribution in [-0.4, -0.2) is 40.9 Å². The van der Waals surface area contributed by atoms with Crippen LogP contribution < -0.4 is 5.32 Å². The first kappa shape index (κ1) is 16.6. The molecule has 0 aromatic carbocycles. The number of thiophene rings is 1. The van der Waals surface area contributed by atoms with Crippen LogP contribution in [-0.2, 0) is 17.6 Å². The van der Waals surface area contributed by atoms with Crippen molar-refractivity contribution in [3.63, 3.8) is 0 Å². The first-order chi connectivity index (χ1) is 11.0. The summed E-state index contributed by atoms with van der Waals surface area (Å²) in [5.74, 6) is 2.10. The highest BCUT2D eigenvalue weighted by molar-refractivity contribution is 7.19. The van der Waals surface area contributed by atoms with Gasteiger partial charge in [0.05, 0.1) is 18.1 Å². The summed E-state index contributed by atoms with van der Waals surface area (Å²) >= 11 is 1.79. The fourth-order valence-corrected chi connectivity index (χ4v) is 4.25. The van der Waals surface area contributed by atoms with E-state index < -0.39 is 6.10 Å². The maximum atomic E-state index is 10.1. The first-order valence-electron chi connectivity index (χ1n) is 8.33. The third-order valence-corrected chi connectivity index (χ3v) is 5.13. The maximum absolute atomic E-state index is 10.1. The van der Waals surface area contributed by atoms with E-state index >= 15 is 0 Å². The third-order valence-electron chi connectivity index (χ3n) is 3.94. The average Bonchev–Trinajstić information content (AvgIpc) is 3.04. The Kier molecular flexibility index (Phi) is 5.14. The number of ether oxygens (including phenoxy) is 1. The number of rotatable bonds is 7. The van der Waals surface area contributed by atoms with Crippen LogP contribution in [0.2, 0.25) is 0 Å². The van der Waals surface area contributed by atoms with Gasteiger partial charge in [-0.25, -0.2) is 9.97 Å². The molecule has 2 N–H and O–H groups in total. The number of aliphatic hydroxyl groups excluding tert-OH is 1. The number of aromatic nitrogens is 2. The Hall–Kier alpha value is -1.24. The molecule has 0 radical (unpaired) electrons. The molecule has 0 unspecified atom stereocenters. The molecule has 2 heterocycles. The SMILES string of the molecule is Cc1nc(NC[C@H](O)COCC(C)C)c2c3c(sc2n1)CCC3. The molecule has 1 aliphatic carbocycles. The van der Waals surface area contributed by atoms with Crippen LogP contribution in [0, 0.1) is 12.8 Å². The van der Waals surface area contributed by atoms with E-state index in [-0.39, 0.29) is 0 Å². The van der Waals surface area contributed by atoms with Crippen LogP contribution in [0.25, 0.3) is 10.2 Å². The Morgan fingerprint density at radius 1 is 1.26 bits per heavy atom. The number of fused-ring (bicyclic) bond motifs is 3. The minimum Gasteiger partial charge on any atom is -0.389 e. The molecule has 0 bridgehead atoms. The summed E-state index contributed by atoms with van der Waals surface area (Å²) in [5.41, 5.74) is 1.40.